The van der Waals surface area contributed by atoms with Crippen molar-refractivity contribution in [2.45, 2.75) is 19.4 Å². The summed E-state index contributed by atoms with van der Waals surface area (Å²) < 4.78 is 5.38. The van der Waals surface area contributed by atoms with Crippen LogP contribution in [0.15, 0.2) is 18.2 Å². The Morgan fingerprint density at radius 1 is 1.61 bits per heavy atom. The van der Waals surface area contributed by atoms with Crippen LogP contribution in [0.25, 0.3) is 0 Å². The summed E-state index contributed by atoms with van der Waals surface area (Å²) >= 11 is 0. The lowest BCUT2D eigenvalue weighted by Gasteiger charge is -2.10. The average Bonchev–Trinajstić information content (AvgIpc) is 2.34. The quantitative estimate of drug-likeness (QED) is 0.613. The first-order valence-corrected chi connectivity index (χ1v) is 5.53. The minimum Gasteiger partial charge on any atom is -0.487 e. The highest BCUT2D eigenvalue weighted by molar-refractivity contribution is 5.48. The van der Waals surface area contributed by atoms with Gasteiger partial charge < -0.3 is 10.1 Å². The zero-order valence-corrected chi connectivity index (χ0v) is 10.3. The van der Waals surface area contributed by atoms with Crippen LogP contribution < -0.4 is 10.1 Å². The number of rotatable bonds is 6. The molecule has 0 aliphatic carbocycles. The van der Waals surface area contributed by atoms with Crippen molar-refractivity contribution in [2.24, 2.45) is 0 Å². The molecule has 18 heavy (non-hydrogen) atoms. The second-order valence-corrected chi connectivity index (χ2v) is 3.84. The molecule has 0 aliphatic rings. The summed E-state index contributed by atoms with van der Waals surface area (Å²) in [6, 6.07) is 6.46. The molecule has 0 heterocycles. The van der Waals surface area contributed by atoms with Crippen LogP contribution in [-0.2, 0) is 0 Å². The van der Waals surface area contributed by atoms with Gasteiger partial charge in [0.05, 0.1) is 23.6 Å². The molecule has 6 heteroatoms. The normalized spacial score (nSPS) is 11.6. The average molecular weight is 249 g/mol. The van der Waals surface area contributed by atoms with Crippen molar-refractivity contribution in [2.75, 3.05) is 13.7 Å². The largest absolute Gasteiger partial charge is 0.487 e. The van der Waals surface area contributed by atoms with E-state index in [0.717, 1.165) is 5.56 Å². The molecule has 1 unspecified atom stereocenters. The summed E-state index contributed by atoms with van der Waals surface area (Å²) in [5, 5.41) is 22.3. The maximum Gasteiger partial charge on any atom is 0.310 e. The van der Waals surface area contributed by atoms with Crippen LogP contribution in [0.2, 0.25) is 0 Å². The van der Waals surface area contributed by atoms with Gasteiger partial charge in [-0.15, -0.1) is 0 Å². The smallest absolute Gasteiger partial charge is 0.310 e. The molecule has 1 atom stereocenters. The molecule has 0 amide bonds. The molecule has 1 rings (SSSR count). The Morgan fingerprint density at radius 2 is 2.33 bits per heavy atom. The van der Waals surface area contributed by atoms with Crippen molar-refractivity contribution in [3.8, 4) is 11.8 Å². The Labute approximate surface area is 105 Å². The maximum absolute atomic E-state index is 10.8. The molecule has 0 saturated carbocycles. The maximum atomic E-state index is 10.8. The Balaban J connectivity index is 2.69. The predicted octanol–water partition coefficient (Wildman–Crippen LogP) is 1.78. The summed E-state index contributed by atoms with van der Waals surface area (Å²) in [6.45, 7) is 2.09. The molecule has 6 nitrogen and oxygen atoms in total. The molecule has 0 aliphatic heterocycles. The van der Waals surface area contributed by atoms with Gasteiger partial charge in [-0.1, -0.05) is 6.07 Å². The first-order chi connectivity index (χ1) is 8.58. The Bertz CT molecular complexity index is 468. The number of nitriles is 1. The fourth-order valence-corrected chi connectivity index (χ4v) is 1.45. The van der Waals surface area contributed by atoms with Crippen molar-refractivity contribution >= 4 is 5.69 Å². The third-order valence-electron chi connectivity index (χ3n) is 2.48. The van der Waals surface area contributed by atoms with E-state index < -0.39 is 4.92 Å². The van der Waals surface area contributed by atoms with Crippen LogP contribution in [0.4, 0.5) is 5.69 Å². The molecule has 0 aromatic heterocycles. The highest BCUT2D eigenvalue weighted by Crippen LogP contribution is 2.27. The van der Waals surface area contributed by atoms with Gasteiger partial charge in [0.1, 0.15) is 0 Å². The molecule has 0 bridgehead atoms. The summed E-state index contributed by atoms with van der Waals surface area (Å²) in [5.41, 5.74) is 0.833. The van der Waals surface area contributed by atoms with E-state index in [1.165, 1.54) is 6.07 Å². The van der Waals surface area contributed by atoms with Crippen LogP contribution in [0.5, 0.6) is 5.75 Å². The van der Waals surface area contributed by atoms with Gasteiger partial charge >= 0.3 is 5.69 Å². The van der Waals surface area contributed by atoms with E-state index in [1.807, 2.05) is 6.92 Å². The molecule has 1 aromatic rings. The first-order valence-electron chi connectivity index (χ1n) is 5.53. The van der Waals surface area contributed by atoms with E-state index in [4.69, 9.17) is 10.00 Å². The molecule has 0 saturated heterocycles. The number of nitro groups is 1. The van der Waals surface area contributed by atoms with Gasteiger partial charge in [-0.25, -0.2) is 0 Å². The minimum atomic E-state index is -0.478. The fraction of sp³-hybridized carbons (Fsp3) is 0.417. The number of aryl methyl sites for hydroxylation is 1. The Kier molecular flexibility index (Phi) is 5.08. The third kappa shape index (κ3) is 3.71. The van der Waals surface area contributed by atoms with Crippen LogP contribution in [0, 0.1) is 28.4 Å². The van der Waals surface area contributed by atoms with E-state index in [-0.39, 0.29) is 24.1 Å². The number of nitrogens with zero attached hydrogens (tertiary/aromatic N) is 2. The lowest BCUT2D eigenvalue weighted by molar-refractivity contribution is -0.385. The lowest BCUT2D eigenvalue weighted by Crippen LogP contribution is -2.25. The summed E-state index contributed by atoms with van der Waals surface area (Å²) in [7, 11) is 1.68. The van der Waals surface area contributed by atoms with Gasteiger partial charge in [0, 0.05) is 12.5 Å². The van der Waals surface area contributed by atoms with Crippen LogP contribution in [-0.4, -0.2) is 24.6 Å². The monoisotopic (exact) mass is 249 g/mol. The number of benzene rings is 1. The van der Waals surface area contributed by atoms with E-state index in [2.05, 4.69) is 11.4 Å². The molecule has 1 aromatic carbocycles. The number of nitro benzene ring substituents is 1. The molecular formula is C12H15N3O3. The van der Waals surface area contributed by atoms with Crippen molar-refractivity contribution in [1.29, 1.82) is 5.26 Å². The zero-order valence-electron chi connectivity index (χ0n) is 10.3. The van der Waals surface area contributed by atoms with Crippen LogP contribution in [0.1, 0.15) is 12.0 Å². The van der Waals surface area contributed by atoms with E-state index >= 15 is 0 Å². The van der Waals surface area contributed by atoms with Crippen molar-refractivity contribution in [3.05, 3.63) is 33.9 Å². The van der Waals surface area contributed by atoms with Crippen LogP contribution in [0.3, 0.4) is 0 Å². The number of ether oxygens (including phenoxy) is 1. The highest BCUT2D eigenvalue weighted by atomic mass is 16.6. The molecular weight excluding hydrogens is 234 g/mol. The van der Waals surface area contributed by atoms with Crippen LogP contribution >= 0.6 is 0 Å². The van der Waals surface area contributed by atoms with E-state index in [0.29, 0.717) is 6.42 Å². The second kappa shape index (κ2) is 6.57. The minimum absolute atomic E-state index is 0.0569. The van der Waals surface area contributed by atoms with Crippen molar-refractivity contribution < 1.29 is 9.66 Å². The fourth-order valence-electron chi connectivity index (χ4n) is 1.45. The highest BCUT2D eigenvalue weighted by Gasteiger charge is 2.15. The predicted molar refractivity (Wildman–Crippen MR) is 66.4 cm³/mol. The second-order valence-electron chi connectivity index (χ2n) is 3.84. The van der Waals surface area contributed by atoms with E-state index in [9.17, 15) is 10.1 Å². The zero-order chi connectivity index (χ0) is 13.5. The summed E-state index contributed by atoms with van der Waals surface area (Å²) in [5.74, 6) is 0.243. The molecule has 96 valence electrons. The number of nitrogens with one attached hydrogen (secondary N) is 1. The standard InChI is InChI=1S/C12H15N3O3/c1-9-3-4-11(15(16)17)12(7-9)18-6-5-10(8-13)14-2/h3-4,7,10,14H,5-6H2,1-2H3. The Morgan fingerprint density at radius 3 is 2.89 bits per heavy atom. The molecule has 0 radical (unpaired) electrons. The van der Waals surface area contributed by atoms with Gasteiger partial charge in [-0.05, 0) is 25.6 Å². The first kappa shape index (κ1) is 13.9. The molecule has 1 N–H and O–H groups in total. The molecule has 0 spiro atoms. The van der Waals surface area contributed by atoms with E-state index in [1.54, 1.807) is 19.2 Å². The summed E-state index contributed by atoms with van der Waals surface area (Å²) in [6.07, 6.45) is 0.470. The topological polar surface area (TPSA) is 88.2 Å². The number of hydrogen-bond acceptors (Lipinski definition) is 5. The van der Waals surface area contributed by atoms with Crippen molar-refractivity contribution in [1.82, 2.24) is 5.32 Å². The van der Waals surface area contributed by atoms with Gasteiger partial charge in [-0.3, -0.25) is 10.1 Å². The third-order valence-corrected chi connectivity index (χ3v) is 2.48. The van der Waals surface area contributed by atoms with Crippen molar-refractivity contribution in [3.63, 3.8) is 0 Å². The summed E-state index contributed by atoms with van der Waals surface area (Å²) in [4.78, 5) is 10.3. The Hall–Kier alpha value is -2.13. The number of hydrogen-bond donors (Lipinski definition) is 1. The lowest BCUT2D eigenvalue weighted by atomic mass is 10.2. The van der Waals surface area contributed by atoms with Gasteiger partial charge in [0.15, 0.2) is 5.75 Å². The SMILES string of the molecule is CNC(C#N)CCOc1cc(C)ccc1[N+](=O)[O-]. The van der Waals surface area contributed by atoms with Gasteiger partial charge in [0.25, 0.3) is 0 Å². The molecule has 0 fully saturated rings. The van der Waals surface area contributed by atoms with Gasteiger partial charge in [0.2, 0.25) is 0 Å². The van der Waals surface area contributed by atoms with Gasteiger partial charge in [-0.2, -0.15) is 5.26 Å².